The van der Waals surface area contributed by atoms with E-state index >= 15 is 0 Å². The van der Waals surface area contributed by atoms with E-state index in [1.807, 2.05) is 0 Å². The average molecular weight is 234 g/mol. The highest BCUT2D eigenvalue weighted by atomic mass is 32.2. The second-order valence-corrected chi connectivity index (χ2v) is 3.48. The Balaban J connectivity index is 4.34. The highest BCUT2D eigenvalue weighted by Gasteiger charge is 2.19. The molecule has 0 spiro atoms. The van der Waals surface area contributed by atoms with Crippen LogP contribution in [0.3, 0.4) is 0 Å². The Kier molecular flexibility index (Phi) is 7.65. The summed E-state index contributed by atoms with van der Waals surface area (Å²) in [5.41, 5.74) is 5.47. The van der Waals surface area contributed by atoms with Crippen molar-refractivity contribution in [1.29, 1.82) is 0 Å². The molecule has 0 radical (unpaired) electrons. The Bertz CT molecular complexity index is 256. The molecule has 0 saturated carbocycles. The molecule has 0 unspecified atom stereocenters. The first-order chi connectivity index (χ1) is 7.15. The zero-order chi connectivity index (χ0) is 11.7. The first-order valence-electron chi connectivity index (χ1n) is 4.33. The fourth-order valence-corrected chi connectivity index (χ4v) is 1.20. The summed E-state index contributed by atoms with van der Waals surface area (Å²) in [6, 6.07) is 0. The Morgan fingerprint density at radius 2 is 2.33 bits per heavy atom. The highest BCUT2D eigenvalue weighted by molar-refractivity contribution is 7.93. The quantitative estimate of drug-likeness (QED) is 0.165. The van der Waals surface area contributed by atoms with Gasteiger partial charge in [-0.15, -0.1) is 0 Å². The van der Waals surface area contributed by atoms with Gasteiger partial charge in [-0.3, -0.25) is 0 Å². The maximum absolute atomic E-state index is 11.3. The Morgan fingerprint density at radius 1 is 1.67 bits per heavy atom. The van der Waals surface area contributed by atoms with E-state index in [2.05, 4.69) is 16.7 Å². The largest absolute Gasteiger partial charge is 0.461 e. The van der Waals surface area contributed by atoms with Crippen molar-refractivity contribution in [3.63, 3.8) is 0 Å². The van der Waals surface area contributed by atoms with E-state index in [-0.39, 0.29) is 12.3 Å². The molecule has 0 aromatic carbocycles. The summed E-state index contributed by atoms with van der Waals surface area (Å²) in [4.78, 5) is 15.9. The topological polar surface area (TPSA) is 76.9 Å². The minimum Gasteiger partial charge on any atom is -0.461 e. The fraction of sp³-hybridized carbons (Fsp3) is 0.625. The maximum Gasteiger partial charge on any atom is 0.362 e. The summed E-state index contributed by atoms with van der Waals surface area (Å²) in [5, 5.41) is 3.57. The molecule has 0 bridgehead atoms. The van der Waals surface area contributed by atoms with Gasteiger partial charge >= 0.3 is 5.97 Å². The predicted molar refractivity (Wildman–Crippen MR) is 60.0 cm³/mol. The van der Waals surface area contributed by atoms with Gasteiger partial charge in [0.2, 0.25) is 12.3 Å². The Hall–Kier alpha value is -1.08. The zero-order valence-corrected chi connectivity index (χ0v) is 9.75. The summed E-state index contributed by atoms with van der Waals surface area (Å²) in [5.74, 6) is -0.127. The molecular weight excluding hydrogens is 218 g/mol. The van der Waals surface area contributed by atoms with Crippen molar-refractivity contribution in [2.75, 3.05) is 26.1 Å². The van der Waals surface area contributed by atoms with Crippen LogP contribution in [-0.4, -0.2) is 48.5 Å². The lowest BCUT2D eigenvalue weighted by molar-refractivity contribution is -0.316. The number of carbonyl (C=O) groups excluding carboxylic acids is 1. The van der Waals surface area contributed by atoms with Gasteiger partial charge in [-0.05, 0) is 6.92 Å². The molecule has 0 heterocycles. The summed E-state index contributed by atoms with van der Waals surface area (Å²) < 4.78 is 6.33. The second-order valence-electron chi connectivity index (χ2n) is 2.38. The molecule has 0 aromatic rings. The van der Waals surface area contributed by atoms with Crippen LogP contribution in [0.5, 0.6) is 0 Å². The fourth-order valence-electron chi connectivity index (χ4n) is 0.773. The summed E-state index contributed by atoms with van der Waals surface area (Å²) in [7, 11) is 1.36. The third kappa shape index (κ3) is 6.08. The molecule has 0 aliphatic rings. The minimum absolute atomic E-state index is 0.162. The van der Waals surface area contributed by atoms with Crippen LogP contribution < -0.4 is 5.73 Å². The predicted octanol–water partition coefficient (Wildman–Crippen LogP) is -0.171. The normalized spacial score (nSPS) is 11.0. The van der Waals surface area contributed by atoms with Gasteiger partial charge in [0, 0.05) is 0 Å². The molecule has 0 aliphatic heterocycles. The van der Waals surface area contributed by atoms with Crippen molar-refractivity contribution in [3.05, 3.63) is 0 Å². The van der Waals surface area contributed by atoms with Crippen LogP contribution >= 0.6 is 11.9 Å². The molecule has 86 valence electrons. The van der Waals surface area contributed by atoms with Crippen LogP contribution in [0.25, 0.3) is 0 Å². The summed E-state index contributed by atoms with van der Waals surface area (Å²) in [6.07, 6.45) is 0. The van der Waals surface area contributed by atoms with Gasteiger partial charge in [-0.2, -0.15) is 3.98 Å². The molecule has 7 heteroatoms. The first-order valence-corrected chi connectivity index (χ1v) is 5.28. The zero-order valence-electron chi connectivity index (χ0n) is 8.93. The van der Waals surface area contributed by atoms with E-state index in [1.165, 1.54) is 23.0 Å². The second kappa shape index (κ2) is 8.25. The Morgan fingerprint density at radius 3 is 2.80 bits per heavy atom. The van der Waals surface area contributed by atoms with E-state index in [1.54, 1.807) is 6.92 Å². The van der Waals surface area contributed by atoms with Gasteiger partial charge in [-0.25, -0.2) is 4.79 Å². The molecule has 0 amide bonds. The SMILES string of the molecule is C=[N+](C/C(=N/OC)C(=O)OCC)SCN. The van der Waals surface area contributed by atoms with Crippen molar-refractivity contribution in [2.24, 2.45) is 10.9 Å². The summed E-state index contributed by atoms with van der Waals surface area (Å²) >= 11 is 1.28. The number of nitrogens with two attached hydrogens (primary N) is 1. The van der Waals surface area contributed by atoms with Crippen molar-refractivity contribution in [1.82, 2.24) is 0 Å². The smallest absolute Gasteiger partial charge is 0.362 e. The summed E-state index contributed by atoms with van der Waals surface area (Å²) in [6.45, 7) is 5.90. The Labute approximate surface area is 93.2 Å². The number of oxime groups is 1. The van der Waals surface area contributed by atoms with Crippen molar-refractivity contribution >= 4 is 30.3 Å². The number of hydrogen-bond acceptors (Lipinski definition) is 6. The van der Waals surface area contributed by atoms with Crippen LogP contribution in [-0.2, 0) is 14.4 Å². The van der Waals surface area contributed by atoms with Gasteiger partial charge < -0.3 is 15.3 Å². The molecule has 6 nitrogen and oxygen atoms in total. The molecule has 0 aliphatic carbocycles. The number of carbonyl (C=O) groups is 1. The molecule has 0 saturated heterocycles. The third-order valence-electron chi connectivity index (χ3n) is 1.30. The van der Waals surface area contributed by atoms with Crippen LogP contribution in [0.15, 0.2) is 5.16 Å². The average Bonchev–Trinajstić information content (AvgIpc) is 2.18. The van der Waals surface area contributed by atoms with E-state index < -0.39 is 5.97 Å². The molecule has 0 fully saturated rings. The van der Waals surface area contributed by atoms with Crippen LogP contribution in [0, 0.1) is 0 Å². The van der Waals surface area contributed by atoms with Crippen molar-refractivity contribution in [3.8, 4) is 0 Å². The van der Waals surface area contributed by atoms with Gasteiger partial charge in [0.1, 0.15) is 19.7 Å². The van der Waals surface area contributed by atoms with Gasteiger partial charge in [0.15, 0.2) is 11.9 Å². The van der Waals surface area contributed by atoms with Crippen LogP contribution in [0.1, 0.15) is 6.92 Å². The minimum atomic E-state index is -0.509. The van der Waals surface area contributed by atoms with Gasteiger partial charge in [0.25, 0.3) is 0 Å². The van der Waals surface area contributed by atoms with Crippen LogP contribution in [0.4, 0.5) is 0 Å². The number of hydrogen-bond donors (Lipinski definition) is 1. The monoisotopic (exact) mass is 234 g/mol. The van der Waals surface area contributed by atoms with E-state index in [0.717, 1.165) is 0 Å². The third-order valence-corrected chi connectivity index (χ3v) is 1.94. The molecule has 2 N–H and O–H groups in total. The molecule has 0 aromatic heterocycles. The van der Waals surface area contributed by atoms with Crippen molar-refractivity contribution < 1.29 is 18.3 Å². The number of ether oxygens (including phenoxy) is 1. The lowest BCUT2D eigenvalue weighted by Crippen LogP contribution is -2.26. The van der Waals surface area contributed by atoms with Crippen LogP contribution in [0.2, 0.25) is 0 Å². The lowest BCUT2D eigenvalue weighted by Gasteiger charge is -2.02. The molecule has 15 heavy (non-hydrogen) atoms. The standard InChI is InChI=1S/C8H16N3O3S/c1-4-14-8(12)7(10-13-3)5-11(2)15-6-9/h2,4-6,9H2,1,3H3/q+1/b10-7-. The molecular formula is C8H16N3O3S+. The molecule has 0 rings (SSSR count). The van der Waals surface area contributed by atoms with E-state index in [4.69, 9.17) is 10.5 Å². The first kappa shape index (κ1) is 13.9. The van der Waals surface area contributed by atoms with E-state index in [0.29, 0.717) is 12.5 Å². The number of esters is 1. The maximum atomic E-state index is 11.3. The van der Waals surface area contributed by atoms with Gasteiger partial charge in [0.05, 0.1) is 6.61 Å². The van der Waals surface area contributed by atoms with Crippen molar-refractivity contribution in [2.45, 2.75) is 6.92 Å². The number of rotatable bonds is 7. The van der Waals surface area contributed by atoms with Gasteiger partial charge in [-0.1, -0.05) is 5.16 Å². The number of nitrogens with zero attached hydrogens (tertiary/aromatic N) is 2. The highest BCUT2D eigenvalue weighted by Crippen LogP contribution is 1.98. The lowest BCUT2D eigenvalue weighted by atomic mass is 10.4. The molecule has 0 atom stereocenters. The van der Waals surface area contributed by atoms with E-state index in [9.17, 15) is 4.79 Å².